The normalized spacial score (nSPS) is 16.8. The van der Waals surface area contributed by atoms with E-state index in [0.29, 0.717) is 6.04 Å². The summed E-state index contributed by atoms with van der Waals surface area (Å²) in [5.41, 5.74) is 2.45. The van der Waals surface area contributed by atoms with Crippen LogP contribution >= 0.6 is 0 Å². The lowest BCUT2D eigenvalue weighted by Crippen LogP contribution is -2.27. The van der Waals surface area contributed by atoms with Crippen molar-refractivity contribution >= 4 is 0 Å². The van der Waals surface area contributed by atoms with Gasteiger partial charge in [-0.05, 0) is 37.4 Å². The Kier molecular flexibility index (Phi) is 6.65. The van der Waals surface area contributed by atoms with Crippen LogP contribution in [0.2, 0.25) is 0 Å². The Balaban J connectivity index is 1.76. The summed E-state index contributed by atoms with van der Waals surface area (Å²) in [7, 11) is 2.23. The van der Waals surface area contributed by atoms with Crippen molar-refractivity contribution in [3.63, 3.8) is 0 Å². The zero-order chi connectivity index (χ0) is 15.1. The van der Waals surface area contributed by atoms with Crippen LogP contribution < -0.4 is 5.32 Å². The zero-order valence-corrected chi connectivity index (χ0v) is 13.9. The van der Waals surface area contributed by atoms with Crippen molar-refractivity contribution in [3.8, 4) is 0 Å². The van der Waals surface area contributed by atoms with Crippen molar-refractivity contribution < 1.29 is 0 Å². The lowest BCUT2D eigenvalue weighted by molar-refractivity contribution is 0.226. The highest BCUT2D eigenvalue weighted by Crippen LogP contribution is 2.24. The molecule has 1 aliphatic rings. The minimum Gasteiger partial charge on any atom is -0.310 e. The summed E-state index contributed by atoms with van der Waals surface area (Å²) in [5.74, 6) is 0.901. The second-order valence-electron chi connectivity index (χ2n) is 6.89. The van der Waals surface area contributed by atoms with Gasteiger partial charge in [0.25, 0.3) is 0 Å². The van der Waals surface area contributed by atoms with E-state index in [-0.39, 0.29) is 0 Å². The first-order valence-electron chi connectivity index (χ1n) is 8.49. The zero-order valence-electron chi connectivity index (χ0n) is 13.9. The SMILES string of the molecule is CC(C)NCc1ccc(CN(C)CC2CCCCC2)nc1. The van der Waals surface area contributed by atoms with Gasteiger partial charge in [0.2, 0.25) is 0 Å². The van der Waals surface area contributed by atoms with E-state index >= 15 is 0 Å². The third kappa shape index (κ3) is 6.15. The molecular weight excluding hydrogens is 258 g/mol. The maximum atomic E-state index is 4.61. The molecule has 0 amide bonds. The Bertz CT molecular complexity index is 393. The fraction of sp³-hybridized carbons (Fsp3) is 0.722. The van der Waals surface area contributed by atoms with Gasteiger partial charge in [-0.3, -0.25) is 4.98 Å². The van der Waals surface area contributed by atoms with Gasteiger partial charge in [0.15, 0.2) is 0 Å². The van der Waals surface area contributed by atoms with Crippen LogP contribution in [0.4, 0.5) is 0 Å². The van der Waals surface area contributed by atoms with E-state index in [1.807, 2.05) is 6.20 Å². The third-order valence-corrected chi connectivity index (χ3v) is 4.33. The van der Waals surface area contributed by atoms with E-state index in [4.69, 9.17) is 0 Å². The maximum Gasteiger partial charge on any atom is 0.0544 e. The summed E-state index contributed by atoms with van der Waals surface area (Å²) in [6.07, 6.45) is 9.13. The van der Waals surface area contributed by atoms with Gasteiger partial charge in [0.1, 0.15) is 0 Å². The monoisotopic (exact) mass is 289 g/mol. The molecule has 0 radical (unpaired) electrons. The van der Waals surface area contributed by atoms with Crippen molar-refractivity contribution in [3.05, 3.63) is 29.6 Å². The molecule has 2 rings (SSSR count). The largest absolute Gasteiger partial charge is 0.310 e. The van der Waals surface area contributed by atoms with Crippen molar-refractivity contribution in [2.24, 2.45) is 5.92 Å². The van der Waals surface area contributed by atoms with Crippen LogP contribution in [0, 0.1) is 5.92 Å². The highest BCUT2D eigenvalue weighted by molar-refractivity contribution is 5.14. The van der Waals surface area contributed by atoms with E-state index in [0.717, 1.165) is 19.0 Å². The van der Waals surface area contributed by atoms with Crippen LogP contribution in [0.5, 0.6) is 0 Å². The average Bonchev–Trinajstić information content (AvgIpc) is 2.47. The summed E-state index contributed by atoms with van der Waals surface area (Å²) in [4.78, 5) is 7.04. The number of aromatic nitrogens is 1. The maximum absolute atomic E-state index is 4.61. The fourth-order valence-electron chi connectivity index (χ4n) is 3.13. The lowest BCUT2D eigenvalue weighted by Gasteiger charge is -2.26. The van der Waals surface area contributed by atoms with Crippen LogP contribution in [0.1, 0.15) is 57.2 Å². The molecule has 0 unspecified atom stereocenters. The summed E-state index contributed by atoms with van der Waals surface area (Å²) < 4.78 is 0. The number of nitrogens with one attached hydrogen (secondary N) is 1. The van der Waals surface area contributed by atoms with Crippen LogP contribution in [-0.4, -0.2) is 29.5 Å². The predicted molar refractivity (Wildman–Crippen MR) is 89.1 cm³/mol. The molecule has 0 atom stereocenters. The minimum atomic E-state index is 0.520. The van der Waals surface area contributed by atoms with Crippen molar-refractivity contribution in [2.75, 3.05) is 13.6 Å². The van der Waals surface area contributed by atoms with Crippen molar-refractivity contribution in [1.82, 2.24) is 15.2 Å². The Morgan fingerprint density at radius 2 is 2.00 bits per heavy atom. The molecular formula is C18H31N3. The van der Waals surface area contributed by atoms with Gasteiger partial charge in [-0.25, -0.2) is 0 Å². The fourth-order valence-corrected chi connectivity index (χ4v) is 3.13. The quantitative estimate of drug-likeness (QED) is 0.831. The molecule has 3 nitrogen and oxygen atoms in total. The van der Waals surface area contributed by atoms with E-state index in [1.54, 1.807) is 0 Å². The summed E-state index contributed by atoms with van der Waals surface area (Å²) >= 11 is 0. The summed E-state index contributed by atoms with van der Waals surface area (Å²) in [5, 5.41) is 3.43. The molecule has 1 aliphatic carbocycles. The molecule has 1 aromatic rings. The molecule has 0 aliphatic heterocycles. The number of hydrogen-bond donors (Lipinski definition) is 1. The molecule has 3 heteroatoms. The van der Waals surface area contributed by atoms with Gasteiger partial charge in [-0.1, -0.05) is 39.2 Å². The van der Waals surface area contributed by atoms with Gasteiger partial charge in [-0.2, -0.15) is 0 Å². The molecule has 1 N–H and O–H groups in total. The molecule has 1 fully saturated rings. The average molecular weight is 289 g/mol. The minimum absolute atomic E-state index is 0.520. The van der Waals surface area contributed by atoms with Crippen molar-refractivity contribution in [2.45, 2.75) is 65.1 Å². The van der Waals surface area contributed by atoms with Crippen LogP contribution in [-0.2, 0) is 13.1 Å². The number of nitrogens with zero attached hydrogens (tertiary/aromatic N) is 2. The Hall–Kier alpha value is -0.930. The number of rotatable bonds is 7. The van der Waals surface area contributed by atoms with Crippen LogP contribution in [0.25, 0.3) is 0 Å². The Morgan fingerprint density at radius 3 is 2.62 bits per heavy atom. The molecule has 21 heavy (non-hydrogen) atoms. The molecule has 0 spiro atoms. The first kappa shape index (κ1) is 16.4. The topological polar surface area (TPSA) is 28.2 Å². The standard InChI is InChI=1S/C18H31N3/c1-15(2)19-11-17-9-10-18(20-12-17)14-21(3)13-16-7-5-4-6-8-16/h9-10,12,15-16,19H,4-8,11,13-14H2,1-3H3. The van der Waals surface area contributed by atoms with Gasteiger partial charge in [-0.15, -0.1) is 0 Å². The first-order chi connectivity index (χ1) is 10.1. The molecule has 0 bridgehead atoms. The van der Waals surface area contributed by atoms with Crippen LogP contribution in [0.15, 0.2) is 18.3 Å². The number of pyridine rings is 1. The predicted octanol–water partition coefficient (Wildman–Crippen LogP) is 3.59. The van der Waals surface area contributed by atoms with Gasteiger partial charge in [0, 0.05) is 31.9 Å². The first-order valence-corrected chi connectivity index (χ1v) is 8.49. The van der Waals surface area contributed by atoms with Gasteiger partial charge in [0.05, 0.1) is 5.69 Å². The molecule has 118 valence electrons. The highest BCUT2D eigenvalue weighted by Gasteiger charge is 2.15. The van der Waals surface area contributed by atoms with Gasteiger partial charge >= 0.3 is 0 Å². The molecule has 1 aromatic heterocycles. The Labute approximate surface area is 130 Å². The Morgan fingerprint density at radius 1 is 1.24 bits per heavy atom. The van der Waals surface area contributed by atoms with E-state index in [1.165, 1.54) is 49.9 Å². The lowest BCUT2D eigenvalue weighted by atomic mass is 9.89. The molecule has 0 saturated heterocycles. The summed E-state index contributed by atoms with van der Waals surface area (Å²) in [6, 6.07) is 4.90. The molecule has 0 aromatic carbocycles. The second-order valence-corrected chi connectivity index (χ2v) is 6.89. The molecule has 1 saturated carbocycles. The van der Waals surface area contributed by atoms with Gasteiger partial charge < -0.3 is 10.2 Å². The second kappa shape index (κ2) is 8.50. The smallest absolute Gasteiger partial charge is 0.0544 e. The highest BCUT2D eigenvalue weighted by atomic mass is 15.1. The van der Waals surface area contributed by atoms with E-state index in [2.05, 4.69) is 48.2 Å². The number of hydrogen-bond acceptors (Lipinski definition) is 3. The van der Waals surface area contributed by atoms with E-state index < -0.39 is 0 Å². The van der Waals surface area contributed by atoms with Crippen LogP contribution in [0.3, 0.4) is 0 Å². The molecule has 1 heterocycles. The third-order valence-electron chi connectivity index (χ3n) is 4.33. The van der Waals surface area contributed by atoms with Crippen molar-refractivity contribution in [1.29, 1.82) is 0 Å². The summed E-state index contributed by atoms with van der Waals surface area (Å²) in [6.45, 7) is 7.43. The van der Waals surface area contributed by atoms with E-state index in [9.17, 15) is 0 Å².